The van der Waals surface area contributed by atoms with Crippen LogP contribution in [0.15, 0.2) is 42.5 Å². The Kier molecular flexibility index (Phi) is 4.82. The zero-order valence-electron chi connectivity index (χ0n) is 12.1. The van der Waals surface area contributed by atoms with Crippen molar-refractivity contribution < 1.29 is 19.4 Å². The Balaban J connectivity index is 1.87. The topological polar surface area (TPSA) is 55.8 Å². The Bertz CT molecular complexity index is 634. The van der Waals surface area contributed by atoms with Crippen LogP contribution in [-0.4, -0.2) is 24.3 Å². The van der Waals surface area contributed by atoms with Gasteiger partial charge in [0.05, 0.1) is 0 Å². The van der Waals surface area contributed by atoms with Crippen LogP contribution in [0.25, 0.3) is 0 Å². The van der Waals surface area contributed by atoms with Crippen molar-refractivity contribution >= 4 is 5.97 Å². The molecule has 0 aromatic heterocycles. The maximum Gasteiger partial charge on any atom is 0.339 e. The molecule has 0 atom stereocenters. The number of benzene rings is 2. The van der Waals surface area contributed by atoms with Crippen LogP contribution in [0, 0.1) is 13.8 Å². The van der Waals surface area contributed by atoms with Gasteiger partial charge in [-0.15, -0.1) is 0 Å². The third kappa shape index (κ3) is 3.99. The maximum atomic E-state index is 11.0. The van der Waals surface area contributed by atoms with E-state index in [2.05, 4.69) is 0 Å². The van der Waals surface area contributed by atoms with Crippen molar-refractivity contribution in [2.24, 2.45) is 0 Å². The number of carboxylic acids is 1. The van der Waals surface area contributed by atoms with Gasteiger partial charge < -0.3 is 14.6 Å². The average Bonchev–Trinajstić information content (AvgIpc) is 2.47. The summed E-state index contributed by atoms with van der Waals surface area (Å²) in [6, 6.07) is 12.5. The van der Waals surface area contributed by atoms with Crippen LogP contribution >= 0.6 is 0 Å². The number of para-hydroxylation sites is 1. The summed E-state index contributed by atoms with van der Waals surface area (Å²) in [7, 11) is 0. The summed E-state index contributed by atoms with van der Waals surface area (Å²) in [6.07, 6.45) is 0. The lowest BCUT2D eigenvalue weighted by atomic mass is 10.1. The van der Waals surface area contributed by atoms with Crippen LogP contribution < -0.4 is 9.47 Å². The Labute approximate surface area is 123 Å². The number of carbonyl (C=O) groups is 1. The van der Waals surface area contributed by atoms with E-state index < -0.39 is 5.97 Å². The normalized spacial score (nSPS) is 10.2. The number of rotatable bonds is 6. The lowest BCUT2D eigenvalue weighted by Crippen LogP contribution is -2.11. The minimum absolute atomic E-state index is 0.156. The molecule has 4 heteroatoms. The zero-order chi connectivity index (χ0) is 15.2. The molecule has 0 spiro atoms. The molecule has 4 nitrogen and oxygen atoms in total. The van der Waals surface area contributed by atoms with Crippen LogP contribution in [0.5, 0.6) is 11.5 Å². The molecule has 2 rings (SSSR count). The van der Waals surface area contributed by atoms with Crippen molar-refractivity contribution in [3.63, 3.8) is 0 Å². The van der Waals surface area contributed by atoms with E-state index in [9.17, 15) is 4.79 Å². The van der Waals surface area contributed by atoms with Gasteiger partial charge in [0.15, 0.2) is 0 Å². The molecule has 0 fully saturated rings. The lowest BCUT2D eigenvalue weighted by molar-refractivity contribution is 0.0691. The molecule has 0 saturated carbocycles. The number of carboxylic acid groups (broad SMARTS) is 1. The van der Waals surface area contributed by atoms with Crippen molar-refractivity contribution in [1.29, 1.82) is 0 Å². The molecular formula is C17H18O4. The van der Waals surface area contributed by atoms with Gasteiger partial charge in [-0.05, 0) is 49.2 Å². The Morgan fingerprint density at radius 1 is 1.00 bits per heavy atom. The van der Waals surface area contributed by atoms with Crippen molar-refractivity contribution in [2.75, 3.05) is 13.2 Å². The number of hydrogen-bond donors (Lipinski definition) is 1. The van der Waals surface area contributed by atoms with Gasteiger partial charge in [-0.1, -0.05) is 18.2 Å². The second-order valence-electron chi connectivity index (χ2n) is 4.74. The second-order valence-corrected chi connectivity index (χ2v) is 4.74. The first kappa shape index (κ1) is 14.9. The summed E-state index contributed by atoms with van der Waals surface area (Å²) in [5, 5.41) is 9.05. The first-order valence-electron chi connectivity index (χ1n) is 6.73. The van der Waals surface area contributed by atoms with Crippen molar-refractivity contribution in [1.82, 2.24) is 0 Å². The first-order chi connectivity index (χ1) is 10.1. The van der Waals surface area contributed by atoms with E-state index >= 15 is 0 Å². The van der Waals surface area contributed by atoms with E-state index in [0.29, 0.717) is 12.4 Å². The molecule has 21 heavy (non-hydrogen) atoms. The van der Waals surface area contributed by atoms with Gasteiger partial charge in [-0.3, -0.25) is 0 Å². The van der Waals surface area contributed by atoms with Gasteiger partial charge in [0.25, 0.3) is 0 Å². The third-order valence-electron chi connectivity index (χ3n) is 3.21. The summed E-state index contributed by atoms with van der Waals surface area (Å²) in [5.41, 5.74) is 2.54. The van der Waals surface area contributed by atoms with Gasteiger partial charge >= 0.3 is 5.97 Å². The molecule has 0 amide bonds. The fourth-order valence-electron chi connectivity index (χ4n) is 1.88. The van der Waals surface area contributed by atoms with Gasteiger partial charge in [0.1, 0.15) is 30.3 Å². The molecule has 0 aliphatic rings. The monoisotopic (exact) mass is 286 g/mol. The summed E-state index contributed by atoms with van der Waals surface area (Å²) < 4.78 is 11.1. The van der Waals surface area contributed by atoms with E-state index in [1.165, 1.54) is 17.2 Å². The smallest absolute Gasteiger partial charge is 0.339 e. The molecule has 0 saturated heterocycles. The van der Waals surface area contributed by atoms with E-state index in [1.54, 1.807) is 18.2 Å². The molecule has 0 aliphatic carbocycles. The van der Waals surface area contributed by atoms with Gasteiger partial charge in [0, 0.05) is 0 Å². The van der Waals surface area contributed by atoms with E-state index in [1.807, 2.05) is 32.0 Å². The molecule has 0 aliphatic heterocycles. The highest BCUT2D eigenvalue weighted by atomic mass is 16.5. The van der Waals surface area contributed by atoms with Gasteiger partial charge in [-0.2, -0.15) is 0 Å². The number of ether oxygens (including phenoxy) is 2. The molecule has 0 heterocycles. The van der Waals surface area contributed by atoms with Crippen LogP contribution in [0.2, 0.25) is 0 Å². The third-order valence-corrected chi connectivity index (χ3v) is 3.21. The second kappa shape index (κ2) is 6.79. The van der Waals surface area contributed by atoms with Crippen molar-refractivity contribution in [2.45, 2.75) is 13.8 Å². The minimum atomic E-state index is -0.999. The average molecular weight is 286 g/mol. The predicted octanol–water partition coefficient (Wildman–Crippen LogP) is 3.46. The molecule has 1 N–H and O–H groups in total. The Morgan fingerprint density at radius 2 is 1.71 bits per heavy atom. The molecule has 2 aromatic carbocycles. The summed E-state index contributed by atoms with van der Waals surface area (Å²) in [4.78, 5) is 11.0. The number of aryl methyl sites for hydroxylation is 2. The SMILES string of the molecule is Cc1ccc(OCCOc2ccccc2C(=O)O)cc1C. The highest BCUT2D eigenvalue weighted by molar-refractivity contribution is 5.90. The van der Waals surface area contributed by atoms with Crippen molar-refractivity contribution in [3.8, 4) is 11.5 Å². The first-order valence-corrected chi connectivity index (χ1v) is 6.73. The Morgan fingerprint density at radius 3 is 2.43 bits per heavy atom. The predicted molar refractivity (Wildman–Crippen MR) is 80.3 cm³/mol. The molecule has 2 aromatic rings. The standard InChI is InChI=1S/C17H18O4/c1-12-7-8-14(11-13(12)2)20-9-10-21-16-6-4-3-5-15(16)17(18)19/h3-8,11H,9-10H2,1-2H3,(H,18,19). The molecule has 0 radical (unpaired) electrons. The Hall–Kier alpha value is -2.49. The number of hydrogen-bond acceptors (Lipinski definition) is 3. The highest BCUT2D eigenvalue weighted by Crippen LogP contribution is 2.18. The fraction of sp³-hybridized carbons (Fsp3) is 0.235. The summed E-state index contributed by atoms with van der Waals surface area (Å²) in [5.74, 6) is 0.141. The quantitative estimate of drug-likeness (QED) is 0.826. The maximum absolute atomic E-state index is 11.0. The van der Waals surface area contributed by atoms with Crippen molar-refractivity contribution in [3.05, 3.63) is 59.2 Å². The van der Waals surface area contributed by atoms with Crippen LogP contribution in [-0.2, 0) is 0 Å². The van der Waals surface area contributed by atoms with E-state index in [4.69, 9.17) is 14.6 Å². The van der Waals surface area contributed by atoms with E-state index in [0.717, 1.165) is 5.75 Å². The summed E-state index contributed by atoms with van der Waals surface area (Å²) in [6.45, 7) is 4.72. The lowest BCUT2D eigenvalue weighted by Gasteiger charge is -2.11. The number of aromatic carboxylic acids is 1. The van der Waals surface area contributed by atoms with Crippen LogP contribution in [0.1, 0.15) is 21.5 Å². The fourth-order valence-corrected chi connectivity index (χ4v) is 1.88. The zero-order valence-corrected chi connectivity index (χ0v) is 12.1. The summed E-state index contributed by atoms with van der Waals surface area (Å²) >= 11 is 0. The minimum Gasteiger partial charge on any atom is -0.490 e. The van der Waals surface area contributed by atoms with Crippen LogP contribution in [0.4, 0.5) is 0 Å². The van der Waals surface area contributed by atoms with Gasteiger partial charge in [0.2, 0.25) is 0 Å². The largest absolute Gasteiger partial charge is 0.490 e. The van der Waals surface area contributed by atoms with E-state index in [-0.39, 0.29) is 12.2 Å². The van der Waals surface area contributed by atoms with Crippen LogP contribution in [0.3, 0.4) is 0 Å². The molecule has 0 bridgehead atoms. The highest BCUT2D eigenvalue weighted by Gasteiger charge is 2.09. The van der Waals surface area contributed by atoms with Gasteiger partial charge in [-0.25, -0.2) is 4.79 Å². The molecule has 0 unspecified atom stereocenters. The molecule has 110 valence electrons. The molecular weight excluding hydrogens is 268 g/mol.